The molecule has 0 saturated heterocycles. The molecule has 0 spiro atoms. The second kappa shape index (κ2) is 2.78. The van der Waals surface area contributed by atoms with Crippen LogP contribution in [-0.4, -0.2) is 8.07 Å². The van der Waals surface area contributed by atoms with Crippen molar-refractivity contribution in [1.29, 1.82) is 0 Å². The van der Waals surface area contributed by atoms with Crippen LogP contribution in [0.15, 0.2) is 18.2 Å². The first-order valence-corrected chi connectivity index (χ1v) is 7.18. The number of hydrogen-bond acceptors (Lipinski definition) is 0. The van der Waals surface area contributed by atoms with Crippen molar-refractivity contribution in [3.05, 3.63) is 30.1 Å². The highest BCUT2D eigenvalue weighted by molar-refractivity contribution is 6.88. The fourth-order valence-corrected chi connectivity index (χ4v) is 2.05. The predicted molar refractivity (Wildman–Crippen MR) is 48.2 cm³/mol. The molecule has 0 N–H and O–H groups in total. The van der Waals surface area contributed by atoms with E-state index in [0.717, 1.165) is 5.19 Å². The summed E-state index contributed by atoms with van der Waals surface area (Å²) in [5.41, 5.74) is 0. The molecule has 0 fully saturated rings. The average Bonchev–Trinajstić information content (AvgIpc) is 1.86. The SMILES string of the molecule is C[Si](C)(C)c1cc[c]c(F)c1. The van der Waals surface area contributed by atoms with E-state index in [1.165, 1.54) is 0 Å². The Balaban J connectivity index is 3.06. The zero-order chi connectivity index (χ0) is 8.48. The molecule has 0 heterocycles. The number of benzene rings is 1. The van der Waals surface area contributed by atoms with Gasteiger partial charge in [0.25, 0.3) is 0 Å². The Morgan fingerprint density at radius 1 is 1.36 bits per heavy atom. The van der Waals surface area contributed by atoms with Gasteiger partial charge in [0, 0.05) is 6.07 Å². The minimum Gasteiger partial charge on any atom is -0.206 e. The largest absolute Gasteiger partial charge is 0.206 e. The lowest BCUT2D eigenvalue weighted by molar-refractivity contribution is 0.626. The molecule has 0 saturated carbocycles. The fourth-order valence-electron chi connectivity index (χ4n) is 0.904. The van der Waals surface area contributed by atoms with Gasteiger partial charge in [-0.05, 0) is 6.07 Å². The van der Waals surface area contributed by atoms with Gasteiger partial charge in [-0.25, -0.2) is 4.39 Å². The van der Waals surface area contributed by atoms with Gasteiger partial charge in [-0.1, -0.05) is 37.0 Å². The molecule has 11 heavy (non-hydrogen) atoms. The summed E-state index contributed by atoms with van der Waals surface area (Å²) in [4.78, 5) is 0. The highest BCUT2D eigenvalue weighted by Crippen LogP contribution is 2.02. The first kappa shape index (κ1) is 8.46. The molecule has 0 nitrogen and oxygen atoms in total. The van der Waals surface area contributed by atoms with Crippen LogP contribution in [0.25, 0.3) is 0 Å². The second-order valence-corrected chi connectivity index (χ2v) is 8.75. The fraction of sp³-hybridized carbons (Fsp3) is 0.333. The molecule has 0 aromatic heterocycles. The van der Waals surface area contributed by atoms with E-state index in [4.69, 9.17) is 0 Å². The van der Waals surface area contributed by atoms with Crippen molar-refractivity contribution in [3.63, 3.8) is 0 Å². The van der Waals surface area contributed by atoms with Crippen LogP contribution in [-0.2, 0) is 0 Å². The second-order valence-electron chi connectivity index (χ2n) is 3.68. The van der Waals surface area contributed by atoms with Crippen molar-refractivity contribution >= 4 is 13.3 Å². The van der Waals surface area contributed by atoms with E-state index in [0.29, 0.717) is 0 Å². The van der Waals surface area contributed by atoms with Gasteiger partial charge in [0.05, 0.1) is 8.07 Å². The van der Waals surface area contributed by atoms with Crippen LogP contribution in [0.3, 0.4) is 0 Å². The van der Waals surface area contributed by atoms with E-state index in [-0.39, 0.29) is 5.82 Å². The molecular weight excluding hydrogens is 155 g/mol. The maximum Gasteiger partial charge on any atom is 0.131 e. The molecule has 59 valence electrons. The van der Waals surface area contributed by atoms with Gasteiger partial charge in [-0.2, -0.15) is 0 Å². The lowest BCUT2D eigenvalue weighted by Crippen LogP contribution is -2.37. The molecule has 2 heteroatoms. The normalized spacial score (nSPS) is 11.6. The molecule has 1 rings (SSSR count). The molecule has 1 aromatic carbocycles. The van der Waals surface area contributed by atoms with E-state index in [1.54, 1.807) is 12.1 Å². The van der Waals surface area contributed by atoms with Crippen LogP contribution in [0.5, 0.6) is 0 Å². The summed E-state index contributed by atoms with van der Waals surface area (Å²) in [5, 5.41) is 1.15. The maximum atomic E-state index is 12.7. The van der Waals surface area contributed by atoms with Gasteiger partial charge in [-0.3, -0.25) is 0 Å². The summed E-state index contributed by atoms with van der Waals surface area (Å²) >= 11 is 0. The highest BCUT2D eigenvalue weighted by atomic mass is 28.3. The third-order valence-corrected chi connectivity index (χ3v) is 3.68. The van der Waals surface area contributed by atoms with Gasteiger partial charge >= 0.3 is 0 Å². The first-order chi connectivity index (χ1) is 5.00. The van der Waals surface area contributed by atoms with E-state index >= 15 is 0 Å². The summed E-state index contributed by atoms with van der Waals surface area (Å²) in [7, 11) is -1.32. The van der Waals surface area contributed by atoms with Crippen LogP contribution >= 0.6 is 0 Å². The Hall–Kier alpha value is -0.633. The lowest BCUT2D eigenvalue weighted by Gasteiger charge is -2.15. The Bertz CT molecular complexity index is 250. The zero-order valence-corrected chi connectivity index (χ0v) is 8.11. The molecule has 0 amide bonds. The molecule has 0 aliphatic carbocycles. The average molecular weight is 167 g/mol. The third kappa shape index (κ3) is 2.15. The third-order valence-electron chi connectivity index (χ3n) is 1.63. The standard InChI is InChI=1S/C9H12FSi/c1-11(2,3)9-6-4-5-8(10)7-9/h4,6-7H,1-3H3. The van der Waals surface area contributed by atoms with Crippen molar-refractivity contribution < 1.29 is 4.39 Å². The lowest BCUT2D eigenvalue weighted by atomic mass is 10.3. The van der Waals surface area contributed by atoms with Crippen LogP contribution < -0.4 is 5.19 Å². The Labute approximate surface area is 68.1 Å². The van der Waals surface area contributed by atoms with Crippen molar-refractivity contribution in [1.82, 2.24) is 0 Å². The van der Waals surface area contributed by atoms with Crippen LogP contribution in [0, 0.1) is 11.9 Å². The summed E-state index contributed by atoms with van der Waals surface area (Å²) in [5.74, 6) is -0.245. The number of halogens is 1. The minimum atomic E-state index is -1.32. The van der Waals surface area contributed by atoms with Crippen molar-refractivity contribution in [3.8, 4) is 0 Å². The highest BCUT2D eigenvalue weighted by Gasteiger charge is 2.15. The van der Waals surface area contributed by atoms with Gasteiger partial charge in [0.1, 0.15) is 5.82 Å². The molecule has 1 aromatic rings. The smallest absolute Gasteiger partial charge is 0.131 e. The maximum absolute atomic E-state index is 12.7. The van der Waals surface area contributed by atoms with E-state index in [9.17, 15) is 4.39 Å². The summed E-state index contributed by atoms with van der Waals surface area (Å²) in [6.45, 7) is 6.59. The van der Waals surface area contributed by atoms with Crippen molar-refractivity contribution in [2.75, 3.05) is 0 Å². The Kier molecular flexibility index (Phi) is 2.14. The molecule has 0 bridgehead atoms. The summed E-state index contributed by atoms with van der Waals surface area (Å²) in [6.07, 6.45) is 0. The van der Waals surface area contributed by atoms with Gasteiger partial charge in [0.15, 0.2) is 0 Å². The molecule has 0 aliphatic rings. The topological polar surface area (TPSA) is 0 Å². The monoisotopic (exact) mass is 167 g/mol. The van der Waals surface area contributed by atoms with Gasteiger partial charge in [0.2, 0.25) is 0 Å². The van der Waals surface area contributed by atoms with E-state index in [2.05, 4.69) is 25.7 Å². The van der Waals surface area contributed by atoms with E-state index < -0.39 is 8.07 Å². The van der Waals surface area contributed by atoms with Gasteiger partial charge < -0.3 is 0 Å². The zero-order valence-electron chi connectivity index (χ0n) is 7.11. The van der Waals surface area contributed by atoms with Gasteiger partial charge in [-0.15, -0.1) is 0 Å². The molecule has 0 atom stereocenters. The van der Waals surface area contributed by atoms with Crippen molar-refractivity contribution in [2.45, 2.75) is 19.6 Å². The van der Waals surface area contributed by atoms with Crippen LogP contribution in [0.1, 0.15) is 0 Å². The Morgan fingerprint density at radius 3 is 2.36 bits per heavy atom. The predicted octanol–water partition coefficient (Wildman–Crippen LogP) is 2.17. The molecule has 0 unspecified atom stereocenters. The summed E-state index contributed by atoms with van der Waals surface area (Å²) < 4.78 is 12.7. The summed E-state index contributed by atoms with van der Waals surface area (Å²) in [6, 6.07) is 7.70. The molecule has 0 aliphatic heterocycles. The van der Waals surface area contributed by atoms with Crippen molar-refractivity contribution in [2.24, 2.45) is 0 Å². The van der Waals surface area contributed by atoms with Crippen LogP contribution in [0.4, 0.5) is 4.39 Å². The number of hydrogen-bond donors (Lipinski definition) is 0. The van der Waals surface area contributed by atoms with Crippen LogP contribution in [0.2, 0.25) is 19.6 Å². The quantitative estimate of drug-likeness (QED) is 0.562. The molecular formula is C9H12FSi. The van der Waals surface area contributed by atoms with E-state index in [1.807, 2.05) is 6.07 Å². The molecule has 1 radical (unpaired) electrons. The number of rotatable bonds is 1. The minimum absolute atomic E-state index is 0.245. The Morgan fingerprint density at radius 2 is 2.00 bits per heavy atom. The first-order valence-electron chi connectivity index (χ1n) is 3.68.